The number of halogens is 2. The van der Waals surface area contributed by atoms with Gasteiger partial charge in [0.1, 0.15) is 11.6 Å². The van der Waals surface area contributed by atoms with Gasteiger partial charge in [-0.15, -0.1) is 0 Å². The van der Waals surface area contributed by atoms with Gasteiger partial charge in [0.25, 0.3) is 0 Å². The molecule has 2 aromatic rings. The molecule has 0 aliphatic carbocycles. The highest BCUT2D eigenvalue weighted by molar-refractivity contribution is 5.60. The summed E-state index contributed by atoms with van der Waals surface area (Å²) in [6.45, 7) is 0. The van der Waals surface area contributed by atoms with Gasteiger partial charge in [0.05, 0.1) is 11.9 Å². The van der Waals surface area contributed by atoms with Crippen molar-refractivity contribution in [3.63, 3.8) is 0 Å². The monoisotopic (exact) mass is 195 g/mol. The number of nitrogens with zero attached hydrogens (tertiary/aromatic N) is 1. The van der Waals surface area contributed by atoms with Gasteiger partial charge in [-0.1, -0.05) is 0 Å². The Labute approximate surface area is 78.6 Å². The fraction of sp³-hybridized carbons (Fsp3) is 0. The van der Waals surface area contributed by atoms with E-state index >= 15 is 0 Å². The number of aromatic nitrogens is 2. The van der Waals surface area contributed by atoms with Crippen LogP contribution in [0.4, 0.5) is 14.7 Å². The van der Waals surface area contributed by atoms with Crippen LogP contribution in [0, 0.1) is 11.6 Å². The Morgan fingerprint density at radius 2 is 2.07 bits per heavy atom. The summed E-state index contributed by atoms with van der Waals surface area (Å²) in [5, 5.41) is 0. The van der Waals surface area contributed by atoms with Gasteiger partial charge in [-0.3, -0.25) is 0 Å². The van der Waals surface area contributed by atoms with E-state index in [4.69, 9.17) is 5.73 Å². The van der Waals surface area contributed by atoms with Crippen LogP contribution < -0.4 is 5.73 Å². The molecule has 0 unspecified atom stereocenters. The molecule has 72 valence electrons. The number of rotatable bonds is 1. The topological polar surface area (TPSA) is 54.7 Å². The van der Waals surface area contributed by atoms with Crippen LogP contribution in [-0.2, 0) is 0 Å². The number of nitrogen functional groups attached to an aromatic ring is 1. The summed E-state index contributed by atoms with van der Waals surface area (Å²) >= 11 is 0. The second-order valence-corrected chi connectivity index (χ2v) is 2.81. The van der Waals surface area contributed by atoms with Crippen molar-refractivity contribution in [1.82, 2.24) is 9.97 Å². The highest BCUT2D eigenvalue weighted by Crippen LogP contribution is 2.22. The predicted molar refractivity (Wildman–Crippen MR) is 48.4 cm³/mol. The number of benzene rings is 1. The van der Waals surface area contributed by atoms with E-state index in [9.17, 15) is 8.78 Å². The average Bonchev–Trinajstić information content (AvgIpc) is 2.56. The number of imidazole rings is 1. The SMILES string of the molecule is Nc1ncc(-c2cc(F)ccc2F)[nH]1. The number of aromatic amines is 1. The van der Waals surface area contributed by atoms with E-state index in [-0.39, 0.29) is 11.5 Å². The lowest BCUT2D eigenvalue weighted by atomic mass is 10.1. The summed E-state index contributed by atoms with van der Waals surface area (Å²) in [6, 6.07) is 3.20. The van der Waals surface area contributed by atoms with Gasteiger partial charge in [0, 0.05) is 5.56 Å². The number of nitrogens with one attached hydrogen (secondary N) is 1. The second-order valence-electron chi connectivity index (χ2n) is 2.81. The summed E-state index contributed by atoms with van der Waals surface area (Å²) in [6.07, 6.45) is 1.35. The molecule has 0 bridgehead atoms. The standard InChI is InChI=1S/C9H7F2N3/c10-5-1-2-7(11)6(3-5)8-4-13-9(12)14-8/h1-4H,(H3,12,13,14). The third-order valence-electron chi connectivity index (χ3n) is 1.81. The fourth-order valence-electron chi connectivity index (χ4n) is 1.18. The van der Waals surface area contributed by atoms with Crippen molar-refractivity contribution in [2.24, 2.45) is 0 Å². The number of hydrogen-bond acceptors (Lipinski definition) is 2. The number of hydrogen-bond donors (Lipinski definition) is 2. The first-order chi connectivity index (χ1) is 6.66. The van der Waals surface area contributed by atoms with Gasteiger partial charge in [-0.05, 0) is 18.2 Å². The van der Waals surface area contributed by atoms with E-state index in [1.807, 2.05) is 0 Å². The molecule has 0 fully saturated rings. The van der Waals surface area contributed by atoms with Crippen molar-refractivity contribution in [1.29, 1.82) is 0 Å². The highest BCUT2D eigenvalue weighted by atomic mass is 19.1. The Balaban J connectivity index is 2.55. The van der Waals surface area contributed by atoms with E-state index in [1.54, 1.807) is 0 Å². The lowest BCUT2D eigenvalue weighted by molar-refractivity contribution is 0.603. The molecule has 0 amide bonds. The highest BCUT2D eigenvalue weighted by Gasteiger charge is 2.08. The van der Waals surface area contributed by atoms with Crippen molar-refractivity contribution < 1.29 is 8.78 Å². The molecule has 1 aromatic heterocycles. The molecule has 2 rings (SSSR count). The molecule has 0 aliphatic rings. The van der Waals surface area contributed by atoms with Crippen LogP contribution in [0.15, 0.2) is 24.4 Å². The Morgan fingerprint density at radius 1 is 1.29 bits per heavy atom. The first-order valence-electron chi connectivity index (χ1n) is 3.93. The van der Waals surface area contributed by atoms with Gasteiger partial charge in [-0.25, -0.2) is 13.8 Å². The predicted octanol–water partition coefficient (Wildman–Crippen LogP) is 1.94. The van der Waals surface area contributed by atoms with Crippen LogP contribution in [-0.4, -0.2) is 9.97 Å². The summed E-state index contributed by atoms with van der Waals surface area (Å²) in [4.78, 5) is 6.32. The maximum Gasteiger partial charge on any atom is 0.197 e. The Bertz CT molecular complexity index is 465. The molecule has 0 saturated carbocycles. The molecule has 5 heteroatoms. The summed E-state index contributed by atoms with van der Waals surface area (Å²) in [5.74, 6) is -0.853. The number of nitrogens with two attached hydrogens (primary N) is 1. The smallest absolute Gasteiger partial charge is 0.197 e. The van der Waals surface area contributed by atoms with Crippen LogP contribution in [0.3, 0.4) is 0 Å². The van der Waals surface area contributed by atoms with Gasteiger partial charge < -0.3 is 10.7 Å². The van der Waals surface area contributed by atoms with E-state index in [0.717, 1.165) is 18.2 Å². The van der Waals surface area contributed by atoms with E-state index in [0.29, 0.717) is 5.69 Å². The van der Waals surface area contributed by atoms with Crippen molar-refractivity contribution >= 4 is 5.95 Å². The van der Waals surface area contributed by atoms with Crippen LogP contribution in [0.5, 0.6) is 0 Å². The number of anilines is 1. The largest absolute Gasteiger partial charge is 0.369 e. The Kier molecular flexibility index (Phi) is 1.92. The third kappa shape index (κ3) is 1.44. The first kappa shape index (κ1) is 8.68. The normalized spacial score (nSPS) is 10.4. The molecule has 0 radical (unpaired) electrons. The van der Waals surface area contributed by atoms with E-state index in [1.165, 1.54) is 6.20 Å². The van der Waals surface area contributed by atoms with Crippen molar-refractivity contribution in [3.05, 3.63) is 36.0 Å². The fourth-order valence-corrected chi connectivity index (χ4v) is 1.18. The molecule has 0 spiro atoms. The van der Waals surface area contributed by atoms with Gasteiger partial charge in [-0.2, -0.15) is 0 Å². The summed E-state index contributed by atoms with van der Waals surface area (Å²) in [7, 11) is 0. The average molecular weight is 195 g/mol. The minimum Gasteiger partial charge on any atom is -0.369 e. The van der Waals surface area contributed by atoms with Crippen molar-refractivity contribution in [2.45, 2.75) is 0 Å². The molecule has 0 aliphatic heterocycles. The zero-order valence-electron chi connectivity index (χ0n) is 7.09. The maximum absolute atomic E-state index is 13.2. The van der Waals surface area contributed by atoms with Crippen LogP contribution in [0.1, 0.15) is 0 Å². The molecular weight excluding hydrogens is 188 g/mol. The van der Waals surface area contributed by atoms with Crippen LogP contribution in [0.2, 0.25) is 0 Å². The Hall–Kier alpha value is -1.91. The zero-order valence-corrected chi connectivity index (χ0v) is 7.09. The number of H-pyrrole nitrogens is 1. The lowest BCUT2D eigenvalue weighted by Gasteiger charge is -1.99. The summed E-state index contributed by atoms with van der Waals surface area (Å²) in [5.41, 5.74) is 5.80. The quantitative estimate of drug-likeness (QED) is 0.730. The zero-order chi connectivity index (χ0) is 10.1. The maximum atomic E-state index is 13.2. The minimum absolute atomic E-state index is 0.120. The van der Waals surface area contributed by atoms with Crippen molar-refractivity contribution in [3.8, 4) is 11.3 Å². The molecule has 1 aromatic carbocycles. The van der Waals surface area contributed by atoms with E-state index < -0.39 is 11.6 Å². The molecule has 0 atom stereocenters. The summed E-state index contributed by atoms with van der Waals surface area (Å²) < 4.78 is 26.0. The van der Waals surface area contributed by atoms with Gasteiger partial charge in [0.2, 0.25) is 0 Å². The van der Waals surface area contributed by atoms with Crippen molar-refractivity contribution in [2.75, 3.05) is 5.73 Å². The molecule has 14 heavy (non-hydrogen) atoms. The molecule has 0 saturated heterocycles. The molecule has 3 nitrogen and oxygen atoms in total. The second kappa shape index (κ2) is 3.10. The minimum atomic E-state index is -0.518. The molecule has 3 N–H and O–H groups in total. The lowest BCUT2D eigenvalue weighted by Crippen LogP contribution is -1.88. The van der Waals surface area contributed by atoms with Crippen LogP contribution >= 0.6 is 0 Å². The Morgan fingerprint density at radius 3 is 2.71 bits per heavy atom. The van der Waals surface area contributed by atoms with Gasteiger partial charge in [0.15, 0.2) is 5.95 Å². The van der Waals surface area contributed by atoms with Crippen LogP contribution in [0.25, 0.3) is 11.3 Å². The molecule has 1 heterocycles. The van der Waals surface area contributed by atoms with E-state index in [2.05, 4.69) is 9.97 Å². The first-order valence-corrected chi connectivity index (χ1v) is 3.93. The van der Waals surface area contributed by atoms with Gasteiger partial charge >= 0.3 is 0 Å². The molecular formula is C9H7F2N3. The third-order valence-corrected chi connectivity index (χ3v) is 1.81.